The minimum absolute atomic E-state index is 0. The van der Waals surface area contributed by atoms with E-state index in [4.69, 9.17) is 0 Å². The smallest absolute Gasteiger partial charge is 0.223 e. The Morgan fingerprint density at radius 1 is 1.39 bits per heavy atom. The Morgan fingerprint density at radius 2 is 2.13 bits per heavy atom. The van der Waals surface area contributed by atoms with Gasteiger partial charge in [0.15, 0.2) is 0 Å². The minimum atomic E-state index is 0. The molecule has 2 atom stereocenters. The fraction of sp³-hybridized carbons (Fsp3) is 0.500. The number of rotatable bonds is 3. The van der Waals surface area contributed by atoms with Crippen molar-refractivity contribution in [2.45, 2.75) is 32.4 Å². The Kier molecular flexibility index (Phi) is 7.32. The molecule has 0 saturated carbocycles. The zero-order valence-corrected chi connectivity index (χ0v) is 15.0. The Balaban J connectivity index is 0.00000132. The lowest BCUT2D eigenvalue weighted by molar-refractivity contribution is -0.126. The minimum Gasteiger partial charge on any atom is -0.349 e. The van der Waals surface area contributed by atoms with E-state index in [1.807, 2.05) is 35.9 Å². The molecular weight excluding hydrogens is 335 g/mol. The number of aromatic nitrogens is 2. The van der Waals surface area contributed by atoms with Crippen LogP contribution in [-0.2, 0) is 18.4 Å². The number of hydrogen-bond donors (Lipinski definition) is 2. The van der Waals surface area contributed by atoms with E-state index in [9.17, 15) is 4.79 Å². The first-order valence-corrected chi connectivity index (χ1v) is 7.56. The molecule has 0 spiro atoms. The second-order valence-electron chi connectivity index (χ2n) is 5.87. The Labute approximate surface area is 149 Å². The highest BCUT2D eigenvalue weighted by atomic mass is 35.5. The predicted octanol–water partition coefficient (Wildman–Crippen LogP) is 2.42. The van der Waals surface area contributed by atoms with Crippen molar-refractivity contribution in [1.82, 2.24) is 20.2 Å². The molecule has 5 nitrogen and oxygen atoms in total. The van der Waals surface area contributed by atoms with Crippen LogP contribution in [0.5, 0.6) is 0 Å². The number of hydrogen-bond acceptors (Lipinski definition) is 3. The van der Waals surface area contributed by atoms with Gasteiger partial charge in [-0.2, -0.15) is 0 Å². The highest BCUT2D eigenvalue weighted by Gasteiger charge is 2.24. The third-order valence-corrected chi connectivity index (χ3v) is 4.29. The Hall–Kier alpha value is -1.30. The SMILES string of the molecule is C[C@H]1C[C@@H](C(=O)NCc2nc3ccccc3n2C)CCN1.Cl.Cl. The average Bonchev–Trinajstić information content (AvgIpc) is 2.82. The number of carbonyl (C=O) groups excluding carboxylic acids is 1. The van der Waals surface area contributed by atoms with Crippen molar-refractivity contribution in [3.63, 3.8) is 0 Å². The number of carbonyl (C=O) groups is 1. The summed E-state index contributed by atoms with van der Waals surface area (Å²) in [5, 5.41) is 6.41. The lowest BCUT2D eigenvalue weighted by Crippen LogP contribution is -2.42. The van der Waals surface area contributed by atoms with E-state index in [0.717, 1.165) is 36.2 Å². The number of benzene rings is 1. The van der Waals surface area contributed by atoms with Gasteiger partial charge in [-0.15, -0.1) is 24.8 Å². The first kappa shape index (κ1) is 19.7. The second-order valence-corrected chi connectivity index (χ2v) is 5.87. The molecule has 1 fully saturated rings. The molecule has 128 valence electrons. The van der Waals surface area contributed by atoms with Gasteiger partial charge in [-0.25, -0.2) is 4.98 Å². The summed E-state index contributed by atoms with van der Waals surface area (Å²) in [5.41, 5.74) is 2.07. The van der Waals surface area contributed by atoms with Crippen LogP contribution in [0.1, 0.15) is 25.6 Å². The van der Waals surface area contributed by atoms with Gasteiger partial charge in [0.1, 0.15) is 5.82 Å². The Bertz CT molecular complexity index is 659. The van der Waals surface area contributed by atoms with Gasteiger partial charge in [0.25, 0.3) is 0 Å². The molecule has 0 unspecified atom stereocenters. The molecule has 2 aromatic rings. The summed E-state index contributed by atoms with van der Waals surface area (Å²) < 4.78 is 2.04. The van der Waals surface area contributed by atoms with E-state index in [2.05, 4.69) is 22.5 Å². The fourth-order valence-electron chi connectivity index (χ4n) is 3.03. The van der Waals surface area contributed by atoms with Gasteiger partial charge in [0.2, 0.25) is 5.91 Å². The number of nitrogens with one attached hydrogen (secondary N) is 2. The normalized spacial score (nSPS) is 20.4. The number of nitrogens with zero attached hydrogens (tertiary/aromatic N) is 2. The molecule has 7 heteroatoms. The molecule has 0 aliphatic carbocycles. The summed E-state index contributed by atoms with van der Waals surface area (Å²) in [7, 11) is 1.99. The molecule has 1 aromatic carbocycles. The summed E-state index contributed by atoms with van der Waals surface area (Å²) in [6.07, 6.45) is 1.83. The molecule has 3 rings (SSSR count). The van der Waals surface area contributed by atoms with E-state index in [0.29, 0.717) is 12.6 Å². The van der Waals surface area contributed by atoms with Crippen molar-refractivity contribution >= 4 is 41.8 Å². The molecule has 0 radical (unpaired) electrons. The molecule has 2 heterocycles. The van der Waals surface area contributed by atoms with E-state index in [1.165, 1.54) is 0 Å². The number of amides is 1. The van der Waals surface area contributed by atoms with Crippen LogP contribution in [0.4, 0.5) is 0 Å². The third kappa shape index (κ3) is 4.37. The number of para-hydroxylation sites is 2. The summed E-state index contributed by atoms with van der Waals surface area (Å²) >= 11 is 0. The molecular formula is C16H24Cl2N4O. The third-order valence-electron chi connectivity index (χ3n) is 4.29. The van der Waals surface area contributed by atoms with Crippen LogP contribution < -0.4 is 10.6 Å². The van der Waals surface area contributed by atoms with Crippen LogP contribution in [0.15, 0.2) is 24.3 Å². The van der Waals surface area contributed by atoms with E-state index in [-0.39, 0.29) is 36.6 Å². The standard InChI is InChI=1S/C16H22N4O.2ClH/c1-11-9-12(7-8-17-11)16(21)18-10-15-19-13-5-3-4-6-14(13)20(15)2;;/h3-6,11-12,17H,7-10H2,1-2H3,(H,18,21);2*1H/t11-,12-;;/m0../s1. The monoisotopic (exact) mass is 358 g/mol. The highest BCUT2D eigenvalue weighted by molar-refractivity contribution is 5.85. The van der Waals surface area contributed by atoms with Crippen molar-refractivity contribution < 1.29 is 4.79 Å². The summed E-state index contributed by atoms with van der Waals surface area (Å²) in [6.45, 7) is 3.54. The van der Waals surface area contributed by atoms with Crippen LogP contribution in [0.25, 0.3) is 11.0 Å². The quantitative estimate of drug-likeness (QED) is 0.885. The van der Waals surface area contributed by atoms with Gasteiger partial charge in [0.05, 0.1) is 17.6 Å². The van der Waals surface area contributed by atoms with Gasteiger partial charge in [-0.05, 0) is 38.4 Å². The molecule has 1 aliphatic rings. The molecule has 1 aliphatic heterocycles. The van der Waals surface area contributed by atoms with Gasteiger partial charge < -0.3 is 15.2 Å². The van der Waals surface area contributed by atoms with Crippen molar-refractivity contribution in [2.75, 3.05) is 6.54 Å². The highest BCUT2D eigenvalue weighted by Crippen LogP contribution is 2.17. The zero-order valence-electron chi connectivity index (χ0n) is 13.4. The largest absolute Gasteiger partial charge is 0.349 e. The Morgan fingerprint density at radius 3 is 2.83 bits per heavy atom. The maximum atomic E-state index is 12.3. The van der Waals surface area contributed by atoms with Crippen LogP contribution in [-0.4, -0.2) is 28.0 Å². The van der Waals surface area contributed by atoms with Gasteiger partial charge in [-0.1, -0.05) is 12.1 Å². The van der Waals surface area contributed by atoms with Crippen molar-refractivity contribution in [2.24, 2.45) is 13.0 Å². The van der Waals surface area contributed by atoms with Crippen LogP contribution in [0, 0.1) is 5.92 Å². The maximum absolute atomic E-state index is 12.3. The summed E-state index contributed by atoms with van der Waals surface area (Å²) in [6, 6.07) is 8.44. The van der Waals surface area contributed by atoms with Gasteiger partial charge in [0, 0.05) is 19.0 Å². The molecule has 1 saturated heterocycles. The van der Waals surface area contributed by atoms with Crippen molar-refractivity contribution in [3.05, 3.63) is 30.1 Å². The lowest BCUT2D eigenvalue weighted by atomic mass is 9.92. The number of aryl methyl sites for hydroxylation is 1. The second kappa shape index (κ2) is 8.52. The van der Waals surface area contributed by atoms with Crippen molar-refractivity contribution in [1.29, 1.82) is 0 Å². The molecule has 1 amide bonds. The number of halogens is 2. The first-order chi connectivity index (χ1) is 10.1. The van der Waals surface area contributed by atoms with Crippen LogP contribution >= 0.6 is 24.8 Å². The summed E-state index contributed by atoms with van der Waals surface area (Å²) in [5.74, 6) is 1.16. The zero-order chi connectivity index (χ0) is 14.8. The first-order valence-electron chi connectivity index (χ1n) is 7.56. The van der Waals surface area contributed by atoms with Gasteiger partial charge in [-0.3, -0.25) is 4.79 Å². The molecule has 1 aromatic heterocycles. The van der Waals surface area contributed by atoms with E-state index < -0.39 is 0 Å². The van der Waals surface area contributed by atoms with Gasteiger partial charge >= 0.3 is 0 Å². The molecule has 2 N–H and O–H groups in total. The molecule has 0 bridgehead atoms. The van der Waals surface area contributed by atoms with Crippen molar-refractivity contribution in [3.8, 4) is 0 Å². The predicted molar refractivity (Wildman–Crippen MR) is 97.2 cm³/mol. The average molecular weight is 359 g/mol. The topological polar surface area (TPSA) is 59.0 Å². The van der Waals surface area contributed by atoms with Crippen LogP contribution in [0.3, 0.4) is 0 Å². The lowest BCUT2D eigenvalue weighted by Gasteiger charge is -2.27. The summed E-state index contributed by atoms with van der Waals surface area (Å²) in [4.78, 5) is 16.8. The maximum Gasteiger partial charge on any atom is 0.223 e. The fourth-order valence-corrected chi connectivity index (χ4v) is 3.03. The number of imidazole rings is 1. The number of fused-ring (bicyclic) bond motifs is 1. The number of piperidine rings is 1. The van der Waals surface area contributed by atoms with E-state index in [1.54, 1.807) is 0 Å². The molecule has 23 heavy (non-hydrogen) atoms. The van der Waals surface area contributed by atoms with Crippen LogP contribution in [0.2, 0.25) is 0 Å². The van der Waals surface area contributed by atoms with E-state index >= 15 is 0 Å².